The van der Waals surface area contributed by atoms with Gasteiger partial charge in [0.2, 0.25) is 0 Å². The number of rotatable bonds is 7. The molecule has 106 valence electrons. The minimum atomic E-state index is -0.177. The van der Waals surface area contributed by atoms with Crippen molar-refractivity contribution in [2.75, 3.05) is 6.54 Å². The molecule has 1 saturated carbocycles. The summed E-state index contributed by atoms with van der Waals surface area (Å²) in [6.45, 7) is 5.60. The van der Waals surface area contributed by atoms with Crippen LogP contribution in [0.4, 0.5) is 4.39 Å². The molecule has 0 aromatic heterocycles. The maximum absolute atomic E-state index is 13.1. The fourth-order valence-corrected chi connectivity index (χ4v) is 3.16. The first-order valence-electron chi connectivity index (χ1n) is 7.29. The predicted octanol–water partition coefficient (Wildman–Crippen LogP) is 4.55. The predicted molar refractivity (Wildman–Crippen MR) is 81.8 cm³/mol. The second-order valence-electron chi connectivity index (χ2n) is 5.70. The quantitative estimate of drug-likeness (QED) is 0.774. The van der Waals surface area contributed by atoms with Gasteiger partial charge in [-0.15, -0.1) is 0 Å². The number of nitrogens with one attached hydrogen (secondary N) is 1. The molecule has 1 aromatic carbocycles. The first kappa shape index (κ1) is 15.0. The smallest absolute Gasteiger partial charge is 0.124 e. The van der Waals surface area contributed by atoms with Crippen LogP contribution in [0.2, 0.25) is 0 Å². The Morgan fingerprint density at radius 1 is 1.42 bits per heavy atom. The van der Waals surface area contributed by atoms with Gasteiger partial charge in [0.1, 0.15) is 5.82 Å². The van der Waals surface area contributed by atoms with Crippen molar-refractivity contribution in [1.29, 1.82) is 0 Å². The lowest BCUT2D eigenvalue weighted by molar-refractivity contribution is 0.339. The Labute approximate surface area is 124 Å². The van der Waals surface area contributed by atoms with Gasteiger partial charge in [-0.25, -0.2) is 4.39 Å². The Balaban J connectivity index is 2.05. The molecule has 1 fully saturated rings. The van der Waals surface area contributed by atoms with Crippen molar-refractivity contribution in [3.8, 4) is 0 Å². The molecule has 3 heteroatoms. The average molecular weight is 328 g/mol. The minimum absolute atomic E-state index is 0.177. The lowest BCUT2D eigenvalue weighted by Gasteiger charge is -2.26. The van der Waals surface area contributed by atoms with E-state index in [0.717, 1.165) is 29.8 Å². The molecule has 0 spiro atoms. The molecule has 2 rings (SSSR count). The second kappa shape index (κ2) is 6.85. The van der Waals surface area contributed by atoms with Crippen LogP contribution >= 0.6 is 15.9 Å². The summed E-state index contributed by atoms with van der Waals surface area (Å²) in [5, 5.41) is 3.67. The fraction of sp³-hybridized carbons (Fsp3) is 0.625. The molecule has 0 radical (unpaired) electrons. The summed E-state index contributed by atoms with van der Waals surface area (Å²) in [5.74, 6) is 1.40. The molecule has 2 unspecified atom stereocenters. The summed E-state index contributed by atoms with van der Waals surface area (Å²) >= 11 is 3.48. The van der Waals surface area contributed by atoms with Crippen LogP contribution in [0.25, 0.3) is 0 Å². The third kappa shape index (κ3) is 4.28. The monoisotopic (exact) mass is 327 g/mol. The molecular weight excluding hydrogens is 305 g/mol. The Morgan fingerprint density at radius 3 is 2.74 bits per heavy atom. The fourth-order valence-electron chi connectivity index (χ4n) is 2.65. The minimum Gasteiger partial charge on any atom is -0.313 e. The van der Waals surface area contributed by atoms with Crippen LogP contribution in [-0.4, -0.2) is 12.6 Å². The molecule has 1 aliphatic rings. The van der Waals surface area contributed by atoms with Crippen molar-refractivity contribution >= 4 is 15.9 Å². The number of benzene rings is 1. The summed E-state index contributed by atoms with van der Waals surface area (Å²) in [6, 6.07) is 5.51. The van der Waals surface area contributed by atoms with E-state index in [1.807, 2.05) is 6.07 Å². The summed E-state index contributed by atoms with van der Waals surface area (Å²) in [5.41, 5.74) is 1.20. The summed E-state index contributed by atoms with van der Waals surface area (Å²) in [7, 11) is 0. The van der Waals surface area contributed by atoms with Crippen LogP contribution < -0.4 is 5.32 Å². The highest BCUT2D eigenvalue weighted by Crippen LogP contribution is 2.39. The Bertz CT molecular complexity index is 417. The van der Waals surface area contributed by atoms with Gasteiger partial charge in [-0.3, -0.25) is 0 Å². The maximum Gasteiger partial charge on any atom is 0.124 e. The van der Waals surface area contributed by atoms with Gasteiger partial charge in [0.15, 0.2) is 0 Å². The molecule has 1 nitrogen and oxygen atoms in total. The van der Waals surface area contributed by atoms with Crippen LogP contribution in [0, 0.1) is 17.7 Å². The van der Waals surface area contributed by atoms with Crippen molar-refractivity contribution in [3.05, 3.63) is 34.1 Å². The second-order valence-corrected chi connectivity index (χ2v) is 6.55. The van der Waals surface area contributed by atoms with E-state index in [-0.39, 0.29) is 5.82 Å². The van der Waals surface area contributed by atoms with Gasteiger partial charge in [-0.05, 0) is 61.8 Å². The molecule has 2 atom stereocenters. The van der Waals surface area contributed by atoms with Crippen molar-refractivity contribution in [1.82, 2.24) is 5.32 Å². The van der Waals surface area contributed by atoms with Crippen LogP contribution in [0.1, 0.15) is 38.7 Å². The molecule has 0 saturated heterocycles. The molecule has 1 N–H and O–H groups in total. The Morgan fingerprint density at radius 2 is 2.16 bits per heavy atom. The zero-order chi connectivity index (χ0) is 13.8. The van der Waals surface area contributed by atoms with Crippen molar-refractivity contribution < 1.29 is 4.39 Å². The van der Waals surface area contributed by atoms with Crippen molar-refractivity contribution in [3.63, 3.8) is 0 Å². The van der Waals surface area contributed by atoms with Gasteiger partial charge in [0.25, 0.3) is 0 Å². The maximum atomic E-state index is 13.1. The van der Waals surface area contributed by atoms with Crippen LogP contribution in [0.5, 0.6) is 0 Å². The van der Waals surface area contributed by atoms with E-state index in [4.69, 9.17) is 0 Å². The van der Waals surface area contributed by atoms with Crippen LogP contribution in [-0.2, 0) is 6.42 Å². The topological polar surface area (TPSA) is 12.0 Å². The van der Waals surface area contributed by atoms with E-state index >= 15 is 0 Å². The van der Waals surface area contributed by atoms with Gasteiger partial charge in [-0.1, -0.05) is 35.8 Å². The van der Waals surface area contributed by atoms with Gasteiger partial charge in [0, 0.05) is 10.5 Å². The largest absolute Gasteiger partial charge is 0.313 e. The molecule has 1 aliphatic carbocycles. The van der Waals surface area contributed by atoms with Crippen molar-refractivity contribution in [2.45, 2.75) is 45.6 Å². The first-order valence-corrected chi connectivity index (χ1v) is 8.08. The lowest BCUT2D eigenvalue weighted by atomic mass is 9.91. The highest BCUT2D eigenvalue weighted by atomic mass is 79.9. The lowest BCUT2D eigenvalue weighted by Crippen LogP contribution is -2.38. The highest BCUT2D eigenvalue weighted by molar-refractivity contribution is 9.10. The normalized spacial score (nSPS) is 18.3. The summed E-state index contributed by atoms with van der Waals surface area (Å²) in [4.78, 5) is 0. The number of hydrogen-bond acceptors (Lipinski definition) is 1. The standard InChI is InChI=1S/C16H23BrFN/c1-3-8-19-16(11(2)12-4-5-12)9-13-6-7-14(18)10-15(13)17/h6-7,10-12,16,19H,3-5,8-9H2,1-2H3. The third-order valence-corrected chi connectivity index (χ3v) is 4.85. The summed E-state index contributed by atoms with van der Waals surface area (Å²) in [6.07, 6.45) is 4.86. The van der Waals surface area contributed by atoms with E-state index in [0.29, 0.717) is 12.0 Å². The van der Waals surface area contributed by atoms with E-state index in [9.17, 15) is 4.39 Å². The van der Waals surface area contributed by atoms with E-state index < -0.39 is 0 Å². The van der Waals surface area contributed by atoms with Crippen LogP contribution in [0.3, 0.4) is 0 Å². The zero-order valence-electron chi connectivity index (χ0n) is 11.8. The molecular formula is C16H23BrFN. The molecule has 0 heterocycles. The molecule has 0 bridgehead atoms. The number of halogens is 2. The highest BCUT2D eigenvalue weighted by Gasteiger charge is 2.33. The summed E-state index contributed by atoms with van der Waals surface area (Å²) < 4.78 is 14.0. The molecule has 1 aromatic rings. The molecule has 19 heavy (non-hydrogen) atoms. The number of hydrogen-bond donors (Lipinski definition) is 1. The van der Waals surface area contributed by atoms with Crippen LogP contribution in [0.15, 0.2) is 22.7 Å². The zero-order valence-corrected chi connectivity index (χ0v) is 13.3. The SMILES string of the molecule is CCCNC(Cc1ccc(F)cc1Br)C(C)C1CC1. The molecule has 0 amide bonds. The van der Waals surface area contributed by atoms with Gasteiger partial charge in [0.05, 0.1) is 0 Å². The van der Waals surface area contributed by atoms with Gasteiger partial charge in [-0.2, -0.15) is 0 Å². The van der Waals surface area contributed by atoms with Crippen molar-refractivity contribution in [2.24, 2.45) is 11.8 Å². The van der Waals surface area contributed by atoms with E-state index in [2.05, 4.69) is 35.1 Å². The Hall–Kier alpha value is -0.410. The van der Waals surface area contributed by atoms with E-state index in [1.165, 1.54) is 18.4 Å². The van der Waals surface area contributed by atoms with Gasteiger partial charge >= 0.3 is 0 Å². The third-order valence-electron chi connectivity index (χ3n) is 4.11. The van der Waals surface area contributed by atoms with E-state index in [1.54, 1.807) is 12.1 Å². The van der Waals surface area contributed by atoms with Gasteiger partial charge < -0.3 is 5.32 Å². The average Bonchev–Trinajstić information content (AvgIpc) is 3.20. The Kier molecular flexibility index (Phi) is 5.40. The molecule has 0 aliphatic heterocycles. The first-order chi connectivity index (χ1) is 9.11.